The zero-order valence-electron chi connectivity index (χ0n) is 9.20. The molecule has 1 aromatic heterocycles. The van der Waals surface area contributed by atoms with Crippen molar-refractivity contribution < 1.29 is 19.7 Å². The van der Waals surface area contributed by atoms with E-state index in [9.17, 15) is 15.0 Å². The van der Waals surface area contributed by atoms with Crippen molar-refractivity contribution in [2.24, 2.45) is 0 Å². The summed E-state index contributed by atoms with van der Waals surface area (Å²) in [6.07, 6.45) is 0.0172. The highest BCUT2D eigenvalue weighted by Gasteiger charge is 2.30. The van der Waals surface area contributed by atoms with E-state index in [1.54, 1.807) is 0 Å². The van der Waals surface area contributed by atoms with E-state index in [4.69, 9.17) is 9.47 Å². The second-order valence-corrected chi connectivity index (χ2v) is 4.34. The van der Waals surface area contributed by atoms with E-state index in [0.717, 1.165) is 0 Å². The lowest BCUT2D eigenvalue weighted by atomic mass is 10.4. The monoisotopic (exact) mass is 242 g/mol. The van der Waals surface area contributed by atoms with Crippen LogP contribution in [0.2, 0.25) is 0 Å². The molecule has 94 valence electrons. The van der Waals surface area contributed by atoms with Gasteiger partial charge in [0, 0.05) is 0 Å². The lowest BCUT2D eigenvalue weighted by Gasteiger charge is -2.01. The number of nitrogens with zero attached hydrogens (tertiary/aromatic N) is 2. The van der Waals surface area contributed by atoms with Crippen LogP contribution < -0.4 is 5.69 Å². The first-order valence-electron chi connectivity index (χ1n) is 5.56. The number of hydrogen-bond donors (Lipinski definition) is 2. The maximum Gasteiger partial charge on any atom is 0.331 e. The average Bonchev–Trinajstić information content (AvgIpc) is 3.18. The molecule has 2 N–H and O–H groups in total. The third-order valence-corrected chi connectivity index (χ3v) is 3.03. The minimum Gasteiger partial charge on any atom is -0.493 e. The Kier molecular flexibility index (Phi) is 2.46. The molecule has 7 heteroatoms. The van der Waals surface area contributed by atoms with Gasteiger partial charge in [-0.3, -0.25) is 9.13 Å². The van der Waals surface area contributed by atoms with E-state index in [-0.39, 0.29) is 36.1 Å². The topological polar surface area (TPSA) is 92.5 Å². The molecule has 0 aromatic carbocycles. The number of hydrogen-bond acceptors (Lipinski definition) is 5. The van der Waals surface area contributed by atoms with Gasteiger partial charge in [-0.1, -0.05) is 0 Å². The molecule has 2 fully saturated rings. The highest BCUT2D eigenvalue weighted by molar-refractivity contribution is 5.20. The second kappa shape index (κ2) is 3.86. The van der Waals surface area contributed by atoms with Gasteiger partial charge in [-0.2, -0.15) is 0 Å². The first kappa shape index (κ1) is 10.8. The molecule has 2 unspecified atom stereocenters. The van der Waals surface area contributed by atoms with Crippen molar-refractivity contribution in [2.45, 2.75) is 31.9 Å². The standard InChI is InChI=1S/C10H14N2O5/c13-3-8-9(14)12(2-7-5-17-7)10(15)11(8)1-6-4-16-6/h6-7,13-14H,1-5H2. The fourth-order valence-electron chi connectivity index (χ4n) is 1.89. The van der Waals surface area contributed by atoms with Crippen LogP contribution in [0.4, 0.5) is 0 Å². The Morgan fingerprint density at radius 2 is 1.71 bits per heavy atom. The van der Waals surface area contributed by atoms with Crippen LogP contribution in [0.15, 0.2) is 4.79 Å². The predicted octanol–water partition coefficient (Wildman–Crippen LogP) is -1.35. The highest BCUT2D eigenvalue weighted by atomic mass is 16.6. The SMILES string of the molecule is O=c1n(CC2CO2)c(O)c(CO)n1CC1CO1. The summed E-state index contributed by atoms with van der Waals surface area (Å²) in [5.74, 6) is -0.173. The first-order valence-corrected chi connectivity index (χ1v) is 5.56. The van der Waals surface area contributed by atoms with Crippen LogP contribution >= 0.6 is 0 Å². The number of ether oxygens (including phenoxy) is 2. The Labute approximate surface area is 96.8 Å². The van der Waals surface area contributed by atoms with Gasteiger partial charge in [-0.25, -0.2) is 4.79 Å². The van der Waals surface area contributed by atoms with Crippen molar-refractivity contribution in [2.75, 3.05) is 13.2 Å². The number of aliphatic hydroxyl groups excluding tert-OH is 1. The number of epoxide rings is 2. The molecular formula is C10H14N2O5. The molecule has 2 atom stereocenters. The normalized spacial score (nSPS) is 26.2. The molecule has 17 heavy (non-hydrogen) atoms. The fraction of sp³-hybridized carbons (Fsp3) is 0.700. The van der Waals surface area contributed by atoms with Crippen LogP contribution in [0.5, 0.6) is 5.88 Å². The van der Waals surface area contributed by atoms with Crippen molar-refractivity contribution in [1.29, 1.82) is 0 Å². The molecule has 3 heterocycles. The molecule has 1 aromatic rings. The maximum atomic E-state index is 12.0. The van der Waals surface area contributed by atoms with E-state index in [1.807, 2.05) is 0 Å². The van der Waals surface area contributed by atoms with Gasteiger partial charge >= 0.3 is 5.69 Å². The lowest BCUT2D eigenvalue weighted by molar-refractivity contribution is 0.259. The van der Waals surface area contributed by atoms with Crippen LogP contribution in [0.3, 0.4) is 0 Å². The Morgan fingerprint density at radius 1 is 1.18 bits per heavy atom. The third-order valence-electron chi connectivity index (χ3n) is 3.03. The number of aromatic nitrogens is 2. The molecule has 0 saturated carbocycles. The lowest BCUT2D eigenvalue weighted by Crippen LogP contribution is -2.28. The quantitative estimate of drug-likeness (QED) is 0.622. The Morgan fingerprint density at radius 3 is 2.18 bits per heavy atom. The molecule has 0 aliphatic carbocycles. The van der Waals surface area contributed by atoms with Gasteiger partial charge < -0.3 is 19.7 Å². The van der Waals surface area contributed by atoms with Crippen LogP contribution in [0.1, 0.15) is 5.69 Å². The Balaban J connectivity index is 1.96. The second-order valence-electron chi connectivity index (χ2n) is 4.34. The molecular weight excluding hydrogens is 228 g/mol. The maximum absolute atomic E-state index is 12.0. The van der Waals surface area contributed by atoms with Gasteiger partial charge in [0.2, 0.25) is 5.88 Å². The van der Waals surface area contributed by atoms with Gasteiger partial charge in [0.1, 0.15) is 5.69 Å². The van der Waals surface area contributed by atoms with Crippen molar-refractivity contribution in [3.05, 3.63) is 16.2 Å². The van der Waals surface area contributed by atoms with E-state index >= 15 is 0 Å². The fourth-order valence-corrected chi connectivity index (χ4v) is 1.89. The number of imidazole rings is 1. The van der Waals surface area contributed by atoms with Crippen LogP contribution in [0.25, 0.3) is 0 Å². The van der Waals surface area contributed by atoms with Crippen molar-refractivity contribution in [1.82, 2.24) is 9.13 Å². The summed E-state index contributed by atoms with van der Waals surface area (Å²) in [7, 11) is 0. The molecule has 2 saturated heterocycles. The van der Waals surface area contributed by atoms with Crippen molar-refractivity contribution in [3.63, 3.8) is 0 Å². The number of aromatic hydroxyl groups is 1. The third kappa shape index (κ3) is 1.97. The minimum absolute atomic E-state index is 0.00170. The molecule has 2 aliphatic heterocycles. The number of rotatable bonds is 5. The molecule has 0 spiro atoms. The van der Waals surface area contributed by atoms with Crippen molar-refractivity contribution >= 4 is 0 Å². The number of aliphatic hydroxyl groups is 1. The van der Waals surface area contributed by atoms with E-state index in [1.165, 1.54) is 9.13 Å². The summed E-state index contributed by atoms with van der Waals surface area (Å²) >= 11 is 0. The predicted molar refractivity (Wildman–Crippen MR) is 55.8 cm³/mol. The van der Waals surface area contributed by atoms with Gasteiger partial charge in [0.25, 0.3) is 0 Å². The summed E-state index contributed by atoms with van der Waals surface area (Å²) < 4.78 is 12.7. The molecule has 0 bridgehead atoms. The zero-order chi connectivity index (χ0) is 12.0. The molecule has 0 amide bonds. The largest absolute Gasteiger partial charge is 0.493 e. The van der Waals surface area contributed by atoms with Crippen LogP contribution in [-0.2, 0) is 29.2 Å². The molecule has 3 rings (SSSR count). The van der Waals surface area contributed by atoms with Crippen LogP contribution in [-0.4, -0.2) is 44.8 Å². The van der Waals surface area contributed by atoms with E-state index in [2.05, 4.69) is 0 Å². The summed E-state index contributed by atoms with van der Waals surface area (Å²) in [5, 5.41) is 19.1. The van der Waals surface area contributed by atoms with Crippen molar-refractivity contribution in [3.8, 4) is 5.88 Å². The van der Waals surface area contributed by atoms with Gasteiger partial charge in [0.15, 0.2) is 0 Å². The summed E-state index contributed by atoms with van der Waals surface area (Å²) in [6, 6.07) is 0. The summed E-state index contributed by atoms with van der Waals surface area (Å²) in [4.78, 5) is 12.0. The van der Waals surface area contributed by atoms with E-state index in [0.29, 0.717) is 26.3 Å². The summed E-state index contributed by atoms with van der Waals surface area (Å²) in [5.41, 5.74) is -0.0799. The highest BCUT2D eigenvalue weighted by Crippen LogP contribution is 2.21. The van der Waals surface area contributed by atoms with Gasteiger partial charge in [0.05, 0.1) is 45.1 Å². The van der Waals surface area contributed by atoms with Gasteiger partial charge in [-0.15, -0.1) is 0 Å². The minimum atomic E-state index is -0.369. The van der Waals surface area contributed by atoms with Gasteiger partial charge in [-0.05, 0) is 0 Å². The first-order chi connectivity index (χ1) is 8.20. The zero-order valence-corrected chi connectivity index (χ0v) is 9.20. The van der Waals surface area contributed by atoms with E-state index < -0.39 is 0 Å². The summed E-state index contributed by atoms with van der Waals surface area (Å²) in [6.45, 7) is 1.57. The van der Waals surface area contributed by atoms with Crippen LogP contribution in [0, 0.1) is 0 Å². The Hall–Kier alpha value is -1.31. The smallest absolute Gasteiger partial charge is 0.331 e. The molecule has 0 radical (unpaired) electrons. The Bertz CT molecular complexity index is 484. The molecule has 7 nitrogen and oxygen atoms in total. The molecule has 2 aliphatic rings. The average molecular weight is 242 g/mol.